The first kappa shape index (κ1) is 19.9. The van der Waals surface area contributed by atoms with Crippen molar-refractivity contribution in [2.24, 2.45) is 5.92 Å². The minimum absolute atomic E-state index is 0.0440. The number of piperidine rings is 1. The smallest absolute Gasteiger partial charge is 0.287 e. The van der Waals surface area contributed by atoms with E-state index in [1.165, 1.54) is 12.5 Å². The molecular weight excluding hydrogens is 414 g/mol. The first-order valence-corrected chi connectivity index (χ1v) is 10.4. The lowest BCUT2D eigenvalue weighted by molar-refractivity contribution is -0.137. The number of rotatable bonds is 5. The molecule has 8 heteroatoms. The van der Waals surface area contributed by atoms with Crippen LogP contribution in [0.2, 0.25) is 0 Å². The van der Waals surface area contributed by atoms with Gasteiger partial charge in [-0.05, 0) is 53.7 Å². The molecule has 3 rings (SSSR count). The molecule has 1 aliphatic heterocycles. The van der Waals surface area contributed by atoms with Crippen LogP contribution in [0.25, 0.3) is 0 Å². The van der Waals surface area contributed by atoms with Crippen molar-refractivity contribution in [2.45, 2.75) is 51.0 Å². The van der Waals surface area contributed by atoms with Gasteiger partial charge in [-0.25, -0.2) is 0 Å². The molecule has 3 amide bonds. The molecule has 2 N–H and O–H groups in total. The van der Waals surface area contributed by atoms with Gasteiger partial charge in [0.1, 0.15) is 0 Å². The Labute approximate surface area is 167 Å². The van der Waals surface area contributed by atoms with Crippen LogP contribution < -0.4 is 10.6 Å². The molecular formula is C19H26BrN3O4. The van der Waals surface area contributed by atoms with Crippen LogP contribution in [0.1, 0.15) is 55.5 Å². The van der Waals surface area contributed by atoms with E-state index in [0.717, 1.165) is 38.5 Å². The summed E-state index contributed by atoms with van der Waals surface area (Å²) in [6.07, 6.45) is 7.09. The number of carbonyl (C=O) groups excluding carboxylic acids is 3. The van der Waals surface area contributed by atoms with Gasteiger partial charge in [0.15, 0.2) is 10.4 Å². The number of nitrogens with zero attached hydrogens (tertiary/aromatic N) is 1. The number of hydrogen-bond donors (Lipinski definition) is 2. The van der Waals surface area contributed by atoms with Crippen LogP contribution >= 0.6 is 15.9 Å². The van der Waals surface area contributed by atoms with Gasteiger partial charge in [-0.2, -0.15) is 0 Å². The highest BCUT2D eigenvalue weighted by atomic mass is 79.9. The van der Waals surface area contributed by atoms with E-state index in [-0.39, 0.29) is 36.1 Å². The molecule has 2 fully saturated rings. The number of nitrogens with one attached hydrogen (secondary N) is 2. The Morgan fingerprint density at radius 3 is 2.41 bits per heavy atom. The fraction of sp³-hybridized carbons (Fsp3) is 0.632. The first-order chi connectivity index (χ1) is 13.0. The van der Waals surface area contributed by atoms with Crippen molar-refractivity contribution in [3.8, 4) is 0 Å². The Balaban J connectivity index is 1.36. The normalized spacial score (nSPS) is 18.9. The van der Waals surface area contributed by atoms with E-state index in [9.17, 15) is 14.4 Å². The zero-order valence-corrected chi connectivity index (χ0v) is 16.9. The second-order valence-corrected chi connectivity index (χ2v) is 8.07. The van der Waals surface area contributed by atoms with Gasteiger partial charge in [-0.1, -0.05) is 19.3 Å². The molecule has 1 aliphatic carbocycles. The van der Waals surface area contributed by atoms with E-state index in [1.54, 1.807) is 6.07 Å². The molecule has 7 nitrogen and oxygen atoms in total. The van der Waals surface area contributed by atoms with Crippen molar-refractivity contribution < 1.29 is 18.8 Å². The summed E-state index contributed by atoms with van der Waals surface area (Å²) in [5.41, 5.74) is 0. The molecule has 2 heterocycles. The van der Waals surface area contributed by atoms with Crippen molar-refractivity contribution in [1.29, 1.82) is 0 Å². The number of amides is 3. The monoisotopic (exact) mass is 439 g/mol. The summed E-state index contributed by atoms with van der Waals surface area (Å²) in [5, 5.41) is 5.48. The maximum atomic E-state index is 12.6. The van der Waals surface area contributed by atoms with Crippen LogP contribution in [0.3, 0.4) is 0 Å². The summed E-state index contributed by atoms with van der Waals surface area (Å²) >= 11 is 3.13. The Hall–Kier alpha value is -1.83. The van der Waals surface area contributed by atoms with E-state index in [2.05, 4.69) is 26.6 Å². The number of hydrogen-bond acceptors (Lipinski definition) is 4. The van der Waals surface area contributed by atoms with E-state index in [1.807, 2.05) is 4.90 Å². The van der Waals surface area contributed by atoms with Crippen LogP contribution in [0.4, 0.5) is 0 Å². The summed E-state index contributed by atoms with van der Waals surface area (Å²) in [4.78, 5) is 38.5. The molecule has 1 saturated heterocycles. The Morgan fingerprint density at radius 2 is 1.78 bits per heavy atom. The molecule has 0 atom stereocenters. The maximum absolute atomic E-state index is 12.6. The Kier molecular flexibility index (Phi) is 6.93. The molecule has 2 aliphatic rings. The van der Waals surface area contributed by atoms with Crippen molar-refractivity contribution >= 4 is 33.7 Å². The van der Waals surface area contributed by atoms with E-state index in [0.29, 0.717) is 17.8 Å². The summed E-state index contributed by atoms with van der Waals surface area (Å²) in [5.74, 6) is -0.0166. The second kappa shape index (κ2) is 9.39. The summed E-state index contributed by atoms with van der Waals surface area (Å²) < 4.78 is 5.61. The zero-order valence-electron chi connectivity index (χ0n) is 15.3. The summed E-state index contributed by atoms with van der Waals surface area (Å²) in [7, 11) is 0. The minimum Gasteiger partial charge on any atom is -0.444 e. The molecule has 27 heavy (non-hydrogen) atoms. The first-order valence-electron chi connectivity index (χ1n) is 9.64. The van der Waals surface area contributed by atoms with Gasteiger partial charge in [0.05, 0.1) is 6.54 Å². The van der Waals surface area contributed by atoms with E-state index >= 15 is 0 Å². The fourth-order valence-corrected chi connectivity index (χ4v) is 4.12. The second-order valence-electron chi connectivity index (χ2n) is 7.29. The van der Waals surface area contributed by atoms with E-state index in [4.69, 9.17) is 4.42 Å². The molecule has 1 aromatic rings. The quantitative estimate of drug-likeness (QED) is 0.736. The van der Waals surface area contributed by atoms with Crippen LogP contribution in [0.15, 0.2) is 21.2 Å². The molecule has 148 valence electrons. The molecule has 0 bridgehead atoms. The highest BCUT2D eigenvalue weighted by Crippen LogP contribution is 2.26. The van der Waals surface area contributed by atoms with Crippen molar-refractivity contribution in [3.63, 3.8) is 0 Å². The standard InChI is InChI=1S/C19H26BrN3O4/c20-16-7-6-15(27-16)18(25)21-12-17(24)22-14-8-10-23(11-9-14)19(26)13-4-2-1-3-5-13/h6-7,13-14H,1-5,8-12H2,(H,21,25)(H,22,24). The van der Waals surface area contributed by atoms with Crippen LogP contribution in [0.5, 0.6) is 0 Å². The lowest BCUT2D eigenvalue weighted by Gasteiger charge is -2.35. The third-order valence-corrected chi connectivity index (χ3v) is 5.76. The molecule has 1 saturated carbocycles. The number of carbonyl (C=O) groups is 3. The van der Waals surface area contributed by atoms with Gasteiger partial charge >= 0.3 is 0 Å². The summed E-state index contributed by atoms with van der Waals surface area (Å²) in [6.45, 7) is 1.28. The average Bonchev–Trinajstić information content (AvgIpc) is 3.13. The number of halogens is 1. The molecule has 0 aromatic carbocycles. The van der Waals surface area contributed by atoms with Gasteiger partial charge in [0.2, 0.25) is 11.8 Å². The van der Waals surface area contributed by atoms with E-state index < -0.39 is 5.91 Å². The van der Waals surface area contributed by atoms with Gasteiger partial charge < -0.3 is 20.0 Å². The maximum Gasteiger partial charge on any atom is 0.287 e. The fourth-order valence-electron chi connectivity index (χ4n) is 3.81. The average molecular weight is 440 g/mol. The molecule has 0 radical (unpaired) electrons. The van der Waals surface area contributed by atoms with Crippen LogP contribution in [0, 0.1) is 5.92 Å². The largest absolute Gasteiger partial charge is 0.444 e. The molecule has 0 unspecified atom stereocenters. The SMILES string of the molecule is O=C(CNC(=O)c1ccc(Br)o1)NC1CCN(C(=O)C2CCCCC2)CC1. The number of likely N-dealkylation sites (tertiary alicyclic amines) is 1. The zero-order chi connectivity index (χ0) is 19.2. The van der Waals surface area contributed by atoms with Crippen molar-refractivity contribution in [3.05, 3.63) is 22.6 Å². The third kappa shape index (κ3) is 5.57. The lowest BCUT2D eigenvalue weighted by Crippen LogP contribution is -2.49. The van der Waals surface area contributed by atoms with Gasteiger partial charge in [0, 0.05) is 25.0 Å². The Bertz CT molecular complexity index is 676. The van der Waals surface area contributed by atoms with Crippen molar-refractivity contribution in [1.82, 2.24) is 15.5 Å². The molecule has 1 aromatic heterocycles. The van der Waals surface area contributed by atoms with Gasteiger partial charge in [-0.15, -0.1) is 0 Å². The lowest BCUT2D eigenvalue weighted by atomic mass is 9.87. The molecule has 0 spiro atoms. The Morgan fingerprint density at radius 1 is 1.07 bits per heavy atom. The topological polar surface area (TPSA) is 91.7 Å². The minimum atomic E-state index is -0.427. The summed E-state index contributed by atoms with van der Waals surface area (Å²) in [6, 6.07) is 3.20. The van der Waals surface area contributed by atoms with Crippen LogP contribution in [-0.2, 0) is 9.59 Å². The van der Waals surface area contributed by atoms with Crippen LogP contribution in [-0.4, -0.2) is 48.3 Å². The van der Waals surface area contributed by atoms with Crippen molar-refractivity contribution in [2.75, 3.05) is 19.6 Å². The predicted octanol–water partition coefficient (Wildman–Crippen LogP) is 2.46. The van der Waals surface area contributed by atoms with Gasteiger partial charge in [0.25, 0.3) is 5.91 Å². The number of furan rings is 1. The predicted molar refractivity (Wildman–Crippen MR) is 103 cm³/mol. The highest BCUT2D eigenvalue weighted by molar-refractivity contribution is 9.10. The highest BCUT2D eigenvalue weighted by Gasteiger charge is 2.29. The van der Waals surface area contributed by atoms with Gasteiger partial charge in [-0.3, -0.25) is 14.4 Å². The third-order valence-electron chi connectivity index (χ3n) is 5.33.